The van der Waals surface area contributed by atoms with Crippen molar-refractivity contribution in [1.29, 1.82) is 0 Å². The van der Waals surface area contributed by atoms with Gasteiger partial charge in [-0.1, -0.05) is 55.1 Å². The van der Waals surface area contributed by atoms with E-state index < -0.39 is 0 Å². The smallest absolute Gasteiger partial charge is 0.113 e. The van der Waals surface area contributed by atoms with Crippen molar-refractivity contribution in [1.82, 2.24) is 0 Å². The van der Waals surface area contributed by atoms with Gasteiger partial charge in [0, 0.05) is 20.2 Å². The van der Waals surface area contributed by atoms with Gasteiger partial charge in [0.15, 0.2) is 0 Å². The SMILES string of the molecule is [B]c1ccc2c(c1)sc1cc(C3CCCCC3)ccc12. The van der Waals surface area contributed by atoms with Gasteiger partial charge < -0.3 is 0 Å². The summed E-state index contributed by atoms with van der Waals surface area (Å²) in [6.07, 6.45) is 6.94. The second kappa shape index (κ2) is 4.93. The lowest BCUT2D eigenvalue weighted by Crippen LogP contribution is -2.03. The highest BCUT2D eigenvalue weighted by Crippen LogP contribution is 2.38. The van der Waals surface area contributed by atoms with Crippen LogP contribution in [-0.4, -0.2) is 7.85 Å². The van der Waals surface area contributed by atoms with E-state index in [1.807, 2.05) is 17.4 Å². The van der Waals surface area contributed by atoms with E-state index in [1.54, 1.807) is 0 Å². The Balaban J connectivity index is 1.84. The molecule has 3 aromatic rings. The van der Waals surface area contributed by atoms with Crippen LogP contribution in [0.15, 0.2) is 36.4 Å². The Morgan fingerprint density at radius 3 is 2.35 bits per heavy atom. The van der Waals surface area contributed by atoms with Crippen LogP contribution in [0.25, 0.3) is 20.2 Å². The van der Waals surface area contributed by atoms with Crippen LogP contribution in [0.5, 0.6) is 0 Å². The van der Waals surface area contributed by atoms with Gasteiger partial charge >= 0.3 is 0 Å². The lowest BCUT2D eigenvalue weighted by atomic mass is 9.84. The topological polar surface area (TPSA) is 0 Å². The van der Waals surface area contributed by atoms with E-state index >= 15 is 0 Å². The molecule has 20 heavy (non-hydrogen) atoms. The van der Waals surface area contributed by atoms with Gasteiger partial charge in [-0.25, -0.2) is 0 Å². The Morgan fingerprint density at radius 1 is 0.850 bits per heavy atom. The summed E-state index contributed by atoms with van der Waals surface area (Å²) in [6, 6.07) is 13.3. The molecular weight excluding hydrogens is 259 g/mol. The zero-order valence-corrected chi connectivity index (χ0v) is 12.4. The standard InChI is InChI=1S/C18H17BS/c19-14-7-9-16-15-8-6-13(12-4-2-1-3-5-12)10-17(15)20-18(16)11-14/h6-12H,1-5H2. The number of benzene rings is 2. The molecule has 4 rings (SSSR count). The Kier molecular flexibility index (Phi) is 3.07. The summed E-state index contributed by atoms with van der Waals surface area (Å²) in [6.45, 7) is 0. The lowest BCUT2D eigenvalue weighted by molar-refractivity contribution is 0.444. The molecule has 0 aliphatic heterocycles. The van der Waals surface area contributed by atoms with Gasteiger partial charge in [0.2, 0.25) is 0 Å². The van der Waals surface area contributed by atoms with E-state index in [0.717, 1.165) is 11.4 Å². The average Bonchev–Trinajstić information content (AvgIpc) is 2.84. The molecule has 0 N–H and O–H groups in total. The molecule has 0 bridgehead atoms. The number of hydrogen-bond acceptors (Lipinski definition) is 1. The van der Waals surface area contributed by atoms with Gasteiger partial charge in [0.05, 0.1) is 0 Å². The second-order valence-electron chi connectivity index (χ2n) is 5.95. The largest absolute Gasteiger partial charge is 0.135 e. The highest BCUT2D eigenvalue weighted by atomic mass is 32.1. The number of thiophene rings is 1. The zero-order valence-electron chi connectivity index (χ0n) is 11.6. The summed E-state index contributed by atoms with van der Waals surface area (Å²) >= 11 is 1.87. The van der Waals surface area contributed by atoms with Gasteiger partial charge in [-0.05, 0) is 30.4 Å². The van der Waals surface area contributed by atoms with Gasteiger partial charge in [-0.2, -0.15) is 0 Å². The van der Waals surface area contributed by atoms with Crippen LogP contribution in [0, 0.1) is 0 Å². The molecule has 98 valence electrons. The minimum Gasteiger partial charge on any atom is -0.135 e. The van der Waals surface area contributed by atoms with Crippen molar-refractivity contribution >= 4 is 44.8 Å². The summed E-state index contributed by atoms with van der Waals surface area (Å²) < 4.78 is 2.72. The third kappa shape index (κ3) is 2.07. The van der Waals surface area contributed by atoms with Crippen molar-refractivity contribution in [2.24, 2.45) is 0 Å². The Hall–Kier alpha value is -1.28. The molecule has 0 amide bonds. The summed E-state index contributed by atoms with van der Waals surface area (Å²) in [5.74, 6) is 0.781. The first-order valence-corrected chi connectivity index (χ1v) is 8.34. The molecule has 2 aromatic carbocycles. The van der Waals surface area contributed by atoms with Crippen LogP contribution in [0.4, 0.5) is 0 Å². The first-order chi connectivity index (χ1) is 9.81. The minimum absolute atomic E-state index is 0.781. The molecular formula is C18H17BS. The first-order valence-electron chi connectivity index (χ1n) is 7.53. The predicted molar refractivity (Wildman–Crippen MR) is 90.5 cm³/mol. The fraction of sp³-hybridized carbons (Fsp3) is 0.333. The molecule has 0 atom stereocenters. The molecule has 2 heteroatoms. The van der Waals surface area contributed by atoms with E-state index in [9.17, 15) is 0 Å². The molecule has 1 aromatic heterocycles. The highest BCUT2D eigenvalue weighted by Gasteiger charge is 2.16. The highest BCUT2D eigenvalue weighted by molar-refractivity contribution is 7.25. The van der Waals surface area contributed by atoms with E-state index in [2.05, 4.69) is 30.3 Å². The number of hydrogen-bond donors (Lipinski definition) is 0. The maximum Gasteiger partial charge on any atom is 0.113 e. The third-order valence-corrected chi connectivity index (χ3v) is 5.71. The molecule has 0 nitrogen and oxygen atoms in total. The summed E-state index contributed by atoms with van der Waals surface area (Å²) in [5.41, 5.74) is 2.40. The fourth-order valence-corrected chi connectivity index (χ4v) is 4.70. The van der Waals surface area contributed by atoms with Crippen molar-refractivity contribution in [3.8, 4) is 0 Å². The minimum atomic E-state index is 0.781. The van der Waals surface area contributed by atoms with Crippen LogP contribution >= 0.6 is 11.3 Å². The Labute approximate surface area is 125 Å². The van der Waals surface area contributed by atoms with Gasteiger partial charge in [-0.3, -0.25) is 0 Å². The third-order valence-electron chi connectivity index (χ3n) is 4.60. The van der Waals surface area contributed by atoms with E-state index in [-0.39, 0.29) is 0 Å². The quantitative estimate of drug-likeness (QED) is 0.555. The number of fused-ring (bicyclic) bond motifs is 3. The maximum absolute atomic E-state index is 5.90. The molecule has 0 spiro atoms. The molecule has 1 aliphatic carbocycles. The van der Waals surface area contributed by atoms with Crippen molar-refractivity contribution in [2.45, 2.75) is 38.0 Å². The van der Waals surface area contributed by atoms with Crippen molar-refractivity contribution in [2.75, 3.05) is 0 Å². The normalized spacial score (nSPS) is 17.0. The first kappa shape index (κ1) is 12.5. The van der Waals surface area contributed by atoms with Gasteiger partial charge in [0.1, 0.15) is 7.85 Å². The molecule has 1 aliphatic rings. The van der Waals surface area contributed by atoms with E-state index in [0.29, 0.717) is 0 Å². The average molecular weight is 276 g/mol. The predicted octanol–water partition coefficient (Wildman–Crippen LogP) is 4.90. The summed E-state index contributed by atoms with van der Waals surface area (Å²) in [5, 5.41) is 2.72. The van der Waals surface area contributed by atoms with Crippen LogP contribution in [-0.2, 0) is 0 Å². The van der Waals surface area contributed by atoms with Gasteiger partial charge in [-0.15, -0.1) is 11.3 Å². The van der Waals surface area contributed by atoms with Crippen molar-refractivity contribution in [3.63, 3.8) is 0 Å². The zero-order chi connectivity index (χ0) is 13.5. The fourth-order valence-electron chi connectivity index (χ4n) is 3.50. The Morgan fingerprint density at radius 2 is 1.55 bits per heavy atom. The molecule has 0 unspecified atom stereocenters. The van der Waals surface area contributed by atoms with Crippen molar-refractivity contribution < 1.29 is 0 Å². The molecule has 1 fully saturated rings. The number of rotatable bonds is 1. The second-order valence-corrected chi connectivity index (χ2v) is 7.03. The summed E-state index contributed by atoms with van der Waals surface area (Å²) in [7, 11) is 5.90. The van der Waals surface area contributed by atoms with Crippen LogP contribution in [0.2, 0.25) is 0 Å². The lowest BCUT2D eigenvalue weighted by Gasteiger charge is -2.21. The monoisotopic (exact) mass is 276 g/mol. The van der Waals surface area contributed by atoms with Crippen LogP contribution in [0.3, 0.4) is 0 Å². The van der Waals surface area contributed by atoms with Crippen LogP contribution < -0.4 is 5.46 Å². The maximum atomic E-state index is 5.90. The Bertz CT molecular complexity index is 766. The molecule has 2 radical (unpaired) electrons. The molecule has 1 heterocycles. The van der Waals surface area contributed by atoms with E-state index in [1.165, 1.54) is 57.8 Å². The van der Waals surface area contributed by atoms with Crippen LogP contribution in [0.1, 0.15) is 43.6 Å². The molecule has 0 saturated heterocycles. The van der Waals surface area contributed by atoms with E-state index in [4.69, 9.17) is 7.85 Å². The van der Waals surface area contributed by atoms with Crippen molar-refractivity contribution in [3.05, 3.63) is 42.0 Å². The van der Waals surface area contributed by atoms with Gasteiger partial charge in [0.25, 0.3) is 0 Å². The molecule has 1 saturated carbocycles. The summed E-state index contributed by atoms with van der Waals surface area (Å²) in [4.78, 5) is 0.